The number of pyridine rings is 1. The predicted molar refractivity (Wildman–Crippen MR) is 73.0 cm³/mol. The number of likely N-dealkylation sites (N-methyl/N-ethyl adjacent to an activating group) is 1. The maximum Gasteiger partial charge on any atom is 0.144 e. The number of hydrogen-bond donors (Lipinski definition) is 1. The summed E-state index contributed by atoms with van der Waals surface area (Å²) in [5.41, 5.74) is 0. The summed E-state index contributed by atoms with van der Waals surface area (Å²) < 4.78 is 0. The largest absolute Gasteiger partial charge is 0.367 e. The van der Waals surface area contributed by atoms with Crippen molar-refractivity contribution < 1.29 is 0 Å². The van der Waals surface area contributed by atoms with Crippen LogP contribution in [0.15, 0.2) is 12.3 Å². The van der Waals surface area contributed by atoms with Gasteiger partial charge in [-0.2, -0.15) is 0 Å². The molecule has 1 aliphatic rings. The Bertz CT molecular complexity index is 393. The van der Waals surface area contributed by atoms with Gasteiger partial charge >= 0.3 is 0 Å². The lowest BCUT2D eigenvalue weighted by molar-refractivity contribution is 0.257. The fraction of sp³-hybridized carbons (Fsp3) is 0.583. The van der Waals surface area contributed by atoms with E-state index in [4.69, 9.17) is 23.2 Å². The lowest BCUT2D eigenvalue weighted by Crippen LogP contribution is -2.36. The van der Waals surface area contributed by atoms with Gasteiger partial charge in [-0.05, 0) is 32.9 Å². The highest BCUT2D eigenvalue weighted by Crippen LogP contribution is 2.27. The Labute approximate surface area is 112 Å². The molecule has 3 nitrogen and oxygen atoms in total. The highest BCUT2D eigenvalue weighted by Gasteiger charge is 2.28. The molecule has 1 aromatic heterocycles. The molecule has 1 fully saturated rings. The molecule has 1 atom stereocenters. The number of nitrogens with one attached hydrogen (secondary N) is 1. The summed E-state index contributed by atoms with van der Waals surface area (Å²) >= 11 is 11.8. The standard InChI is InChI=1S/C12H17Cl2N3/c1-8(17(2)10-3-4-10)6-15-12-11(14)5-9(13)7-16-12/h5,7-8,10H,3-4,6H2,1-2H3,(H,15,16). The van der Waals surface area contributed by atoms with E-state index in [2.05, 4.69) is 29.2 Å². The summed E-state index contributed by atoms with van der Waals surface area (Å²) in [6.45, 7) is 3.04. The van der Waals surface area contributed by atoms with E-state index in [0.29, 0.717) is 21.9 Å². The van der Waals surface area contributed by atoms with Gasteiger partial charge in [-0.25, -0.2) is 4.98 Å². The zero-order chi connectivity index (χ0) is 12.4. The van der Waals surface area contributed by atoms with Gasteiger partial charge in [0.1, 0.15) is 5.82 Å². The van der Waals surface area contributed by atoms with Gasteiger partial charge in [0.15, 0.2) is 0 Å². The zero-order valence-electron chi connectivity index (χ0n) is 10.1. The molecular weight excluding hydrogens is 257 g/mol. The summed E-state index contributed by atoms with van der Waals surface area (Å²) in [6, 6.07) is 2.93. The number of nitrogens with zero attached hydrogens (tertiary/aromatic N) is 2. The third-order valence-electron chi connectivity index (χ3n) is 3.19. The third-order valence-corrected chi connectivity index (χ3v) is 3.69. The fourth-order valence-electron chi connectivity index (χ4n) is 1.77. The van der Waals surface area contributed by atoms with Crippen LogP contribution in [0.2, 0.25) is 10.0 Å². The fourth-order valence-corrected chi connectivity index (χ4v) is 2.22. The molecular formula is C12H17Cl2N3. The lowest BCUT2D eigenvalue weighted by Gasteiger charge is -2.25. The van der Waals surface area contributed by atoms with Crippen molar-refractivity contribution in [1.29, 1.82) is 0 Å². The first kappa shape index (κ1) is 12.9. The molecule has 1 N–H and O–H groups in total. The summed E-state index contributed by atoms with van der Waals surface area (Å²) in [5, 5.41) is 4.39. The van der Waals surface area contributed by atoms with Crippen molar-refractivity contribution in [1.82, 2.24) is 9.88 Å². The molecule has 0 saturated heterocycles. The second-order valence-corrected chi connectivity index (χ2v) is 5.45. The number of anilines is 1. The van der Waals surface area contributed by atoms with Gasteiger partial charge in [-0.1, -0.05) is 23.2 Å². The molecule has 0 aliphatic heterocycles. The highest BCUT2D eigenvalue weighted by molar-refractivity contribution is 6.35. The Hall–Kier alpha value is -0.510. The minimum absolute atomic E-state index is 0.469. The van der Waals surface area contributed by atoms with E-state index in [0.717, 1.165) is 12.6 Å². The van der Waals surface area contributed by atoms with Gasteiger partial charge in [0.25, 0.3) is 0 Å². The smallest absolute Gasteiger partial charge is 0.144 e. The number of hydrogen-bond acceptors (Lipinski definition) is 3. The maximum atomic E-state index is 6.04. The molecule has 2 rings (SSSR count). The molecule has 1 unspecified atom stereocenters. The molecule has 0 bridgehead atoms. The molecule has 94 valence electrons. The Morgan fingerprint density at radius 2 is 2.24 bits per heavy atom. The van der Waals surface area contributed by atoms with Crippen LogP contribution in [0.1, 0.15) is 19.8 Å². The predicted octanol–water partition coefficient (Wildman–Crippen LogP) is 3.28. The van der Waals surface area contributed by atoms with Crippen LogP contribution in [-0.2, 0) is 0 Å². The summed E-state index contributed by atoms with van der Waals surface area (Å²) in [7, 11) is 2.17. The average Bonchev–Trinajstić information content (AvgIpc) is 3.10. The van der Waals surface area contributed by atoms with Crippen molar-refractivity contribution in [3.05, 3.63) is 22.3 Å². The minimum Gasteiger partial charge on any atom is -0.367 e. The van der Waals surface area contributed by atoms with Crippen molar-refractivity contribution in [2.75, 3.05) is 18.9 Å². The van der Waals surface area contributed by atoms with Crippen LogP contribution >= 0.6 is 23.2 Å². The monoisotopic (exact) mass is 273 g/mol. The Morgan fingerprint density at radius 3 is 2.82 bits per heavy atom. The van der Waals surface area contributed by atoms with Crippen molar-refractivity contribution in [3.8, 4) is 0 Å². The number of rotatable bonds is 5. The molecule has 1 aliphatic carbocycles. The van der Waals surface area contributed by atoms with Crippen LogP contribution in [0.4, 0.5) is 5.82 Å². The minimum atomic E-state index is 0.469. The van der Waals surface area contributed by atoms with E-state index in [9.17, 15) is 0 Å². The molecule has 0 radical (unpaired) electrons. The molecule has 5 heteroatoms. The zero-order valence-corrected chi connectivity index (χ0v) is 11.6. The van der Waals surface area contributed by atoms with E-state index in [1.807, 2.05) is 0 Å². The van der Waals surface area contributed by atoms with Gasteiger partial charge in [0.05, 0.1) is 10.0 Å². The molecule has 0 amide bonds. The van der Waals surface area contributed by atoms with E-state index in [-0.39, 0.29) is 0 Å². The third kappa shape index (κ3) is 3.47. The topological polar surface area (TPSA) is 28.2 Å². The summed E-state index contributed by atoms with van der Waals surface area (Å²) in [6.07, 6.45) is 4.24. The van der Waals surface area contributed by atoms with Crippen molar-refractivity contribution in [2.24, 2.45) is 0 Å². The molecule has 1 heterocycles. The first-order valence-electron chi connectivity index (χ1n) is 5.85. The van der Waals surface area contributed by atoms with Gasteiger partial charge < -0.3 is 5.32 Å². The second-order valence-electron chi connectivity index (χ2n) is 4.61. The van der Waals surface area contributed by atoms with Gasteiger partial charge in [-0.15, -0.1) is 0 Å². The normalized spacial score (nSPS) is 17.2. The highest BCUT2D eigenvalue weighted by atomic mass is 35.5. The van der Waals surface area contributed by atoms with Crippen LogP contribution in [0.25, 0.3) is 0 Å². The Balaban J connectivity index is 1.88. The molecule has 0 aromatic carbocycles. The van der Waals surface area contributed by atoms with Gasteiger partial charge in [0, 0.05) is 24.8 Å². The first-order valence-corrected chi connectivity index (χ1v) is 6.60. The SMILES string of the molecule is CC(CNc1ncc(Cl)cc1Cl)N(C)C1CC1. The van der Waals surface area contributed by atoms with Gasteiger partial charge in [-0.3, -0.25) is 4.90 Å². The van der Waals surface area contributed by atoms with Gasteiger partial charge in [0.2, 0.25) is 0 Å². The average molecular weight is 274 g/mol. The van der Waals surface area contributed by atoms with Crippen LogP contribution in [-0.4, -0.2) is 35.6 Å². The number of halogens is 2. The summed E-state index contributed by atoms with van der Waals surface area (Å²) in [4.78, 5) is 6.58. The van der Waals surface area contributed by atoms with Crippen LogP contribution in [0.5, 0.6) is 0 Å². The Morgan fingerprint density at radius 1 is 1.53 bits per heavy atom. The molecule has 0 spiro atoms. The van der Waals surface area contributed by atoms with E-state index >= 15 is 0 Å². The second kappa shape index (κ2) is 5.42. The number of aromatic nitrogens is 1. The van der Waals surface area contributed by atoms with E-state index in [1.165, 1.54) is 12.8 Å². The van der Waals surface area contributed by atoms with Crippen molar-refractivity contribution in [3.63, 3.8) is 0 Å². The van der Waals surface area contributed by atoms with E-state index < -0.39 is 0 Å². The van der Waals surface area contributed by atoms with Crippen LogP contribution in [0.3, 0.4) is 0 Å². The molecule has 1 saturated carbocycles. The van der Waals surface area contributed by atoms with Crippen molar-refractivity contribution >= 4 is 29.0 Å². The maximum absolute atomic E-state index is 6.04. The van der Waals surface area contributed by atoms with Crippen LogP contribution in [0, 0.1) is 0 Å². The molecule has 1 aromatic rings. The summed E-state index contributed by atoms with van der Waals surface area (Å²) in [5.74, 6) is 0.701. The lowest BCUT2D eigenvalue weighted by atomic mass is 10.3. The molecule has 17 heavy (non-hydrogen) atoms. The van der Waals surface area contributed by atoms with E-state index in [1.54, 1.807) is 12.3 Å². The quantitative estimate of drug-likeness (QED) is 0.893. The Kier molecular flexibility index (Phi) is 4.13. The van der Waals surface area contributed by atoms with Crippen LogP contribution < -0.4 is 5.32 Å². The first-order chi connectivity index (χ1) is 8.08. The van der Waals surface area contributed by atoms with Crippen molar-refractivity contribution in [2.45, 2.75) is 31.8 Å².